The van der Waals surface area contributed by atoms with E-state index >= 15 is 0 Å². The van der Waals surface area contributed by atoms with Crippen LogP contribution in [0.5, 0.6) is 0 Å². The zero-order valence-electron chi connectivity index (χ0n) is 14.4. The van der Waals surface area contributed by atoms with Crippen molar-refractivity contribution in [3.8, 4) is 0 Å². The monoisotopic (exact) mass is 354 g/mol. The number of hydrogen-bond acceptors (Lipinski definition) is 6. The Balaban J connectivity index is 1.60. The highest BCUT2D eigenvalue weighted by Gasteiger charge is 2.13. The largest absolute Gasteiger partial charge is 0.378 e. The van der Waals surface area contributed by atoms with Crippen molar-refractivity contribution in [1.29, 1.82) is 0 Å². The molecule has 0 spiro atoms. The van der Waals surface area contributed by atoms with Crippen LogP contribution >= 0.6 is 0 Å². The van der Waals surface area contributed by atoms with Crippen molar-refractivity contribution in [3.05, 3.63) is 57.9 Å². The van der Waals surface area contributed by atoms with Crippen LogP contribution in [0, 0.1) is 17.0 Å². The van der Waals surface area contributed by atoms with Gasteiger partial charge in [0.25, 0.3) is 11.6 Å². The summed E-state index contributed by atoms with van der Waals surface area (Å²) in [6, 6.07) is 8.14. The molecule has 0 aliphatic rings. The summed E-state index contributed by atoms with van der Waals surface area (Å²) in [6.45, 7) is 2.54. The first-order valence-electron chi connectivity index (χ1n) is 8.02. The maximum Gasteiger partial charge on any atom is 0.292 e. The van der Waals surface area contributed by atoms with Gasteiger partial charge in [0.15, 0.2) is 5.65 Å². The Bertz CT molecular complexity index is 982. The van der Waals surface area contributed by atoms with E-state index in [1.807, 2.05) is 6.92 Å². The van der Waals surface area contributed by atoms with Crippen LogP contribution in [0.3, 0.4) is 0 Å². The number of fused-ring (bicyclic) bond motifs is 1. The molecule has 0 bridgehead atoms. The molecular weight excluding hydrogens is 336 g/mol. The number of para-hydroxylation sites is 2. The molecule has 1 amide bonds. The SMILES string of the molecule is Cc1nn(C)c2ncc(C(=O)NCCNc3ccccc3[N+](=O)[O-])cc12. The average molecular weight is 354 g/mol. The van der Waals surface area contributed by atoms with Crippen LogP contribution in [0.2, 0.25) is 0 Å². The Kier molecular flexibility index (Phi) is 4.78. The average Bonchev–Trinajstić information content (AvgIpc) is 2.92. The highest BCUT2D eigenvalue weighted by Crippen LogP contribution is 2.22. The number of amides is 1. The summed E-state index contributed by atoms with van der Waals surface area (Å²) in [5.41, 5.74) is 2.39. The minimum atomic E-state index is -0.446. The fraction of sp³-hybridized carbons (Fsp3) is 0.235. The lowest BCUT2D eigenvalue weighted by Crippen LogP contribution is -2.29. The van der Waals surface area contributed by atoms with Crippen LogP contribution in [0.25, 0.3) is 11.0 Å². The van der Waals surface area contributed by atoms with Crippen LogP contribution in [-0.2, 0) is 7.05 Å². The van der Waals surface area contributed by atoms with Gasteiger partial charge in [-0.05, 0) is 19.1 Å². The summed E-state index contributed by atoms with van der Waals surface area (Å²) >= 11 is 0. The van der Waals surface area contributed by atoms with E-state index in [9.17, 15) is 14.9 Å². The van der Waals surface area contributed by atoms with E-state index < -0.39 is 4.92 Å². The number of carbonyl (C=O) groups is 1. The van der Waals surface area contributed by atoms with Gasteiger partial charge >= 0.3 is 0 Å². The molecule has 2 aromatic heterocycles. The zero-order chi connectivity index (χ0) is 18.7. The molecular formula is C17H18N6O3. The van der Waals surface area contributed by atoms with E-state index in [2.05, 4.69) is 20.7 Å². The van der Waals surface area contributed by atoms with E-state index in [1.54, 1.807) is 36.0 Å². The Hall–Kier alpha value is -3.49. The second-order valence-electron chi connectivity index (χ2n) is 5.76. The van der Waals surface area contributed by atoms with Crippen molar-refractivity contribution in [2.45, 2.75) is 6.92 Å². The molecule has 0 atom stereocenters. The molecule has 0 saturated heterocycles. The number of rotatable bonds is 6. The third-order valence-corrected chi connectivity index (χ3v) is 3.95. The van der Waals surface area contributed by atoms with Crippen molar-refractivity contribution in [2.24, 2.45) is 7.05 Å². The zero-order valence-corrected chi connectivity index (χ0v) is 14.4. The second kappa shape index (κ2) is 7.18. The maximum absolute atomic E-state index is 12.3. The molecule has 0 saturated carbocycles. The van der Waals surface area contributed by atoms with Crippen molar-refractivity contribution in [1.82, 2.24) is 20.1 Å². The Morgan fingerprint density at radius 1 is 1.31 bits per heavy atom. The molecule has 3 rings (SSSR count). The first-order valence-corrected chi connectivity index (χ1v) is 8.02. The van der Waals surface area contributed by atoms with Crippen LogP contribution in [0.4, 0.5) is 11.4 Å². The summed E-state index contributed by atoms with van der Waals surface area (Å²) in [7, 11) is 1.80. The summed E-state index contributed by atoms with van der Waals surface area (Å²) in [5.74, 6) is -0.257. The fourth-order valence-corrected chi connectivity index (χ4v) is 2.69. The summed E-state index contributed by atoms with van der Waals surface area (Å²) in [4.78, 5) is 27.1. The Morgan fingerprint density at radius 2 is 2.08 bits per heavy atom. The van der Waals surface area contributed by atoms with Crippen LogP contribution < -0.4 is 10.6 Å². The van der Waals surface area contributed by atoms with Gasteiger partial charge in [0.2, 0.25) is 0 Å². The molecule has 1 aromatic carbocycles. The number of nitrogens with one attached hydrogen (secondary N) is 2. The minimum absolute atomic E-state index is 0.000492. The molecule has 134 valence electrons. The third kappa shape index (κ3) is 3.46. The van der Waals surface area contributed by atoms with E-state index in [1.165, 1.54) is 12.3 Å². The van der Waals surface area contributed by atoms with Gasteiger partial charge in [0, 0.05) is 37.8 Å². The number of carbonyl (C=O) groups excluding carboxylic acids is 1. The van der Waals surface area contributed by atoms with E-state index in [4.69, 9.17) is 0 Å². The number of hydrogen-bond donors (Lipinski definition) is 2. The number of pyridine rings is 1. The number of nitro groups is 1. The van der Waals surface area contributed by atoms with Gasteiger partial charge in [-0.25, -0.2) is 4.98 Å². The number of nitro benzene ring substituents is 1. The van der Waals surface area contributed by atoms with Crippen LogP contribution in [0.15, 0.2) is 36.5 Å². The van der Waals surface area contributed by atoms with E-state index in [0.717, 1.165) is 16.7 Å². The van der Waals surface area contributed by atoms with E-state index in [0.29, 0.717) is 24.3 Å². The van der Waals surface area contributed by atoms with Gasteiger partial charge in [-0.3, -0.25) is 19.6 Å². The van der Waals surface area contributed by atoms with E-state index in [-0.39, 0.29) is 11.6 Å². The van der Waals surface area contributed by atoms with Crippen LogP contribution in [-0.4, -0.2) is 38.7 Å². The highest BCUT2D eigenvalue weighted by atomic mass is 16.6. The number of aryl methyl sites for hydroxylation is 2. The summed E-state index contributed by atoms with van der Waals surface area (Å²) in [5, 5.41) is 21.8. The molecule has 0 fully saturated rings. The number of aromatic nitrogens is 3. The normalized spacial score (nSPS) is 10.7. The molecule has 0 radical (unpaired) electrons. The third-order valence-electron chi connectivity index (χ3n) is 3.95. The van der Waals surface area contributed by atoms with Gasteiger partial charge in [-0.2, -0.15) is 5.10 Å². The molecule has 26 heavy (non-hydrogen) atoms. The van der Waals surface area contributed by atoms with Gasteiger partial charge in [0.1, 0.15) is 5.69 Å². The molecule has 9 heteroatoms. The molecule has 0 unspecified atom stereocenters. The fourth-order valence-electron chi connectivity index (χ4n) is 2.69. The van der Waals surface area contributed by atoms with Gasteiger partial charge < -0.3 is 10.6 Å². The van der Waals surface area contributed by atoms with Gasteiger partial charge in [-0.1, -0.05) is 12.1 Å². The predicted molar refractivity (Wildman–Crippen MR) is 97.2 cm³/mol. The summed E-state index contributed by atoms with van der Waals surface area (Å²) in [6.07, 6.45) is 1.51. The lowest BCUT2D eigenvalue weighted by atomic mass is 10.2. The lowest BCUT2D eigenvalue weighted by Gasteiger charge is -2.08. The van der Waals surface area contributed by atoms with Crippen molar-refractivity contribution < 1.29 is 9.72 Å². The second-order valence-corrected chi connectivity index (χ2v) is 5.76. The van der Waals surface area contributed by atoms with Crippen LogP contribution in [0.1, 0.15) is 16.1 Å². The van der Waals surface area contributed by atoms with Gasteiger partial charge in [0.05, 0.1) is 16.2 Å². The predicted octanol–water partition coefficient (Wildman–Crippen LogP) is 2.03. The number of nitrogens with zero attached hydrogens (tertiary/aromatic N) is 4. The van der Waals surface area contributed by atoms with Crippen molar-refractivity contribution >= 4 is 28.3 Å². The summed E-state index contributed by atoms with van der Waals surface area (Å²) < 4.78 is 1.67. The topological polar surface area (TPSA) is 115 Å². The molecule has 3 aromatic rings. The number of benzene rings is 1. The van der Waals surface area contributed by atoms with Crippen molar-refractivity contribution in [3.63, 3.8) is 0 Å². The highest BCUT2D eigenvalue weighted by molar-refractivity contribution is 5.97. The van der Waals surface area contributed by atoms with Crippen molar-refractivity contribution in [2.75, 3.05) is 18.4 Å². The Labute approximate surface area is 149 Å². The lowest BCUT2D eigenvalue weighted by molar-refractivity contribution is -0.384. The smallest absolute Gasteiger partial charge is 0.292 e. The molecule has 2 N–H and O–H groups in total. The molecule has 0 aliphatic heterocycles. The maximum atomic E-state index is 12.3. The molecule has 2 heterocycles. The molecule has 9 nitrogen and oxygen atoms in total. The molecule has 0 aliphatic carbocycles. The first kappa shape index (κ1) is 17.3. The first-order chi connectivity index (χ1) is 12.5. The quantitative estimate of drug-likeness (QED) is 0.398. The van der Waals surface area contributed by atoms with Gasteiger partial charge in [-0.15, -0.1) is 0 Å². The minimum Gasteiger partial charge on any atom is -0.378 e. The number of anilines is 1. The Morgan fingerprint density at radius 3 is 2.85 bits per heavy atom. The standard InChI is InChI=1S/C17H18N6O3/c1-11-13-9-12(10-20-16(13)22(2)21-11)17(24)19-8-7-18-14-5-3-4-6-15(14)23(25)26/h3-6,9-10,18H,7-8H2,1-2H3,(H,19,24).